The van der Waals surface area contributed by atoms with E-state index >= 15 is 0 Å². The van der Waals surface area contributed by atoms with Crippen molar-refractivity contribution in [1.82, 2.24) is 0 Å². The molecule has 0 aliphatic carbocycles. The fourth-order valence-corrected chi connectivity index (χ4v) is 0.941. The van der Waals surface area contributed by atoms with Crippen LogP contribution in [0.1, 0.15) is 6.42 Å². The number of nitrogens with two attached hydrogens (primary N) is 1. The second-order valence-corrected chi connectivity index (χ2v) is 2.28. The first-order valence-electron chi connectivity index (χ1n) is 3.07. The van der Waals surface area contributed by atoms with Gasteiger partial charge in [-0.15, -0.1) is 0 Å². The molecule has 1 rings (SSSR count). The van der Waals surface area contributed by atoms with Crippen LogP contribution in [-0.2, 0) is 4.74 Å². The van der Waals surface area contributed by atoms with Crippen LogP contribution in [0.5, 0.6) is 0 Å². The maximum absolute atomic E-state index is 8.36. The highest BCUT2D eigenvalue weighted by atomic mass is 16.5. The van der Waals surface area contributed by atoms with E-state index in [9.17, 15) is 0 Å². The lowest BCUT2D eigenvalue weighted by Crippen LogP contribution is -2.28. The van der Waals surface area contributed by atoms with Gasteiger partial charge in [-0.05, 0) is 6.42 Å². The van der Waals surface area contributed by atoms with E-state index in [0.29, 0.717) is 6.61 Å². The Hall–Kier alpha value is -0.590. The summed E-state index contributed by atoms with van der Waals surface area (Å²) in [6, 6.07) is 1.68. The second kappa shape index (κ2) is 2.81. The number of ether oxygens (including phenoxy) is 1. The van der Waals surface area contributed by atoms with Gasteiger partial charge >= 0.3 is 0 Å². The third kappa shape index (κ3) is 1.41. The summed E-state index contributed by atoms with van der Waals surface area (Å²) < 4.78 is 5.05. The number of rotatable bonds is 1. The topological polar surface area (TPSA) is 59.0 Å². The van der Waals surface area contributed by atoms with E-state index in [4.69, 9.17) is 15.7 Å². The van der Waals surface area contributed by atoms with Crippen LogP contribution in [0, 0.1) is 17.2 Å². The molecule has 0 radical (unpaired) electrons. The van der Waals surface area contributed by atoms with Crippen LogP contribution in [0.15, 0.2) is 0 Å². The number of nitriles is 1. The average Bonchev–Trinajstić information content (AvgIpc) is 2.37. The maximum Gasteiger partial charge on any atom is 0.0979 e. The predicted octanol–water partition coefficient (Wildman–Crippen LogP) is -0.126. The SMILES string of the molecule is N#C[C@@H](N)[C@H]1CCOC1. The zero-order chi connectivity index (χ0) is 6.69. The first-order chi connectivity index (χ1) is 4.34. The zero-order valence-corrected chi connectivity index (χ0v) is 5.21. The molecule has 1 saturated heterocycles. The van der Waals surface area contributed by atoms with Gasteiger partial charge < -0.3 is 10.5 Å². The molecule has 1 fully saturated rings. The normalized spacial score (nSPS) is 29.6. The Morgan fingerprint density at radius 2 is 2.56 bits per heavy atom. The summed E-state index contributed by atoms with van der Waals surface area (Å²) >= 11 is 0. The van der Waals surface area contributed by atoms with E-state index < -0.39 is 0 Å². The molecule has 0 aromatic heterocycles. The lowest BCUT2D eigenvalue weighted by Gasteiger charge is -2.07. The molecule has 3 nitrogen and oxygen atoms in total. The van der Waals surface area contributed by atoms with Crippen molar-refractivity contribution >= 4 is 0 Å². The summed E-state index contributed by atoms with van der Waals surface area (Å²) in [5.74, 6) is 0.273. The third-order valence-corrected chi connectivity index (χ3v) is 1.62. The molecular weight excluding hydrogens is 116 g/mol. The Morgan fingerprint density at radius 1 is 1.78 bits per heavy atom. The van der Waals surface area contributed by atoms with Gasteiger partial charge in [0, 0.05) is 12.5 Å². The van der Waals surface area contributed by atoms with Gasteiger partial charge in [-0.1, -0.05) is 0 Å². The molecule has 0 amide bonds. The summed E-state index contributed by atoms with van der Waals surface area (Å²) in [5, 5.41) is 8.36. The smallest absolute Gasteiger partial charge is 0.0979 e. The monoisotopic (exact) mass is 126 g/mol. The molecule has 0 saturated carbocycles. The number of hydrogen-bond donors (Lipinski definition) is 1. The van der Waals surface area contributed by atoms with Crippen molar-refractivity contribution in [2.45, 2.75) is 12.5 Å². The Kier molecular flexibility index (Phi) is 2.04. The average molecular weight is 126 g/mol. The lowest BCUT2D eigenvalue weighted by molar-refractivity contribution is 0.184. The van der Waals surface area contributed by atoms with E-state index in [1.165, 1.54) is 0 Å². The highest BCUT2D eigenvalue weighted by Gasteiger charge is 2.21. The fourth-order valence-electron chi connectivity index (χ4n) is 0.941. The molecule has 1 aliphatic heterocycles. The van der Waals surface area contributed by atoms with Crippen molar-refractivity contribution in [1.29, 1.82) is 5.26 Å². The minimum atomic E-state index is -0.326. The van der Waals surface area contributed by atoms with E-state index in [-0.39, 0.29) is 12.0 Å². The van der Waals surface area contributed by atoms with Crippen molar-refractivity contribution in [3.63, 3.8) is 0 Å². The third-order valence-electron chi connectivity index (χ3n) is 1.62. The molecule has 0 aromatic carbocycles. The van der Waals surface area contributed by atoms with Gasteiger partial charge in [0.05, 0.1) is 18.7 Å². The summed E-state index contributed by atoms with van der Waals surface area (Å²) in [6.07, 6.45) is 0.939. The van der Waals surface area contributed by atoms with Crippen LogP contribution in [-0.4, -0.2) is 19.3 Å². The predicted molar refractivity (Wildman–Crippen MR) is 32.5 cm³/mol. The van der Waals surface area contributed by atoms with Crippen LogP contribution in [0.25, 0.3) is 0 Å². The van der Waals surface area contributed by atoms with Gasteiger partial charge in [0.1, 0.15) is 0 Å². The molecule has 0 spiro atoms. The van der Waals surface area contributed by atoms with Crippen molar-refractivity contribution in [2.24, 2.45) is 11.7 Å². The van der Waals surface area contributed by atoms with E-state index in [0.717, 1.165) is 13.0 Å². The molecule has 3 heteroatoms. The summed E-state index contributed by atoms with van der Waals surface area (Å²) in [7, 11) is 0. The number of nitrogens with zero attached hydrogens (tertiary/aromatic N) is 1. The second-order valence-electron chi connectivity index (χ2n) is 2.28. The first kappa shape index (κ1) is 6.53. The van der Waals surface area contributed by atoms with Crippen molar-refractivity contribution in [3.8, 4) is 6.07 Å². The van der Waals surface area contributed by atoms with Crippen LogP contribution in [0.3, 0.4) is 0 Å². The van der Waals surface area contributed by atoms with E-state index in [1.807, 2.05) is 6.07 Å². The van der Waals surface area contributed by atoms with Crippen LogP contribution >= 0.6 is 0 Å². The Labute approximate surface area is 54.4 Å². The minimum Gasteiger partial charge on any atom is -0.381 e. The van der Waals surface area contributed by atoms with Gasteiger partial charge in [0.15, 0.2) is 0 Å². The van der Waals surface area contributed by atoms with Crippen molar-refractivity contribution in [3.05, 3.63) is 0 Å². The van der Waals surface area contributed by atoms with Gasteiger partial charge in [-0.2, -0.15) is 5.26 Å². The molecule has 0 bridgehead atoms. The molecule has 1 aliphatic rings. The van der Waals surface area contributed by atoms with E-state index in [1.54, 1.807) is 0 Å². The fraction of sp³-hybridized carbons (Fsp3) is 0.833. The zero-order valence-electron chi connectivity index (χ0n) is 5.21. The molecule has 2 atom stereocenters. The first-order valence-corrected chi connectivity index (χ1v) is 3.07. The molecule has 9 heavy (non-hydrogen) atoms. The lowest BCUT2D eigenvalue weighted by atomic mass is 10.0. The molecular formula is C6H10N2O. The highest BCUT2D eigenvalue weighted by Crippen LogP contribution is 2.14. The van der Waals surface area contributed by atoms with Crippen molar-refractivity contribution < 1.29 is 4.74 Å². The van der Waals surface area contributed by atoms with E-state index in [2.05, 4.69) is 0 Å². The molecule has 50 valence electrons. The van der Waals surface area contributed by atoms with Crippen molar-refractivity contribution in [2.75, 3.05) is 13.2 Å². The van der Waals surface area contributed by atoms with Gasteiger partial charge in [0.2, 0.25) is 0 Å². The Balaban J connectivity index is 2.34. The quantitative estimate of drug-likeness (QED) is 0.532. The standard InChI is InChI=1S/C6H10N2O/c7-3-6(8)5-1-2-9-4-5/h5-6H,1-2,4,8H2/t5-,6+/m0/s1. The Bertz CT molecular complexity index is 124. The van der Waals surface area contributed by atoms with Crippen LogP contribution < -0.4 is 5.73 Å². The molecule has 0 unspecified atom stereocenters. The van der Waals surface area contributed by atoms with Gasteiger partial charge in [-0.3, -0.25) is 0 Å². The van der Waals surface area contributed by atoms with Gasteiger partial charge in [-0.25, -0.2) is 0 Å². The van der Waals surface area contributed by atoms with Crippen LogP contribution in [0.4, 0.5) is 0 Å². The summed E-state index contributed by atoms with van der Waals surface area (Å²) in [5.41, 5.74) is 5.44. The molecule has 0 aromatic rings. The molecule has 2 N–H and O–H groups in total. The Morgan fingerprint density at radius 3 is 3.00 bits per heavy atom. The number of hydrogen-bond acceptors (Lipinski definition) is 3. The largest absolute Gasteiger partial charge is 0.381 e. The molecule has 1 heterocycles. The van der Waals surface area contributed by atoms with Gasteiger partial charge in [0.25, 0.3) is 0 Å². The minimum absolute atomic E-state index is 0.273. The summed E-state index contributed by atoms with van der Waals surface area (Å²) in [6.45, 7) is 1.43. The summed E-state index contributed by atoms with van der Waals surface area (Å²) in [4.78, 5) is 0. The highest BCUT2D eigenvalue weighted by molar-refractivity contribution is 4.93. The van der Waals surface area contributed by atoms with Crippen LogP contribution in [0.2, 0.25) is 0 Å². The maximum atomic E-state index is 8.36.